The number of fused-ring (bicyclic) bond motifs is 1. The summed E-state index contributed by atoms with van der Waals surface area (Å²) < 4.78 is 11.0. The number of nitrogens with zero attached hydrogens (tertiary/aromatic N) is 2. The zero-order valence-corrected chi connectivity index (χ0v) is 20.6. The van der Waals surface area contributed by atoms with Crippen molar-refractivity contribution in [2.75, 3.05) is 51.3 Å². The Bertz CT molecular complexity index is 1210. The molecule has 0 atom stereocenters. The third-order valence-corrected chi connectivity index (χ3v) is 6.30. The Balaban J connectivity index is 1.53. The monoisotopic (exact) mass is 498 g/mol. The van der Waals surface area contributed by atoms with Crippen LogP contribution in [0.1, 0.15) is 18.9 Å². The van der Waals surface area contributed by atoms with Gasteiger partial charge >= 0.3 is 6.03 Å². The van der Waals surface area contributed by atoms with Crippen LogP contribution in [0.4, 0.5) is 10.5 Å². The van der Waals surface area contributed by atoms with Crippen molar-refractivity contribution in [1.82, 2.24) is 14.8 Å². The third-order valence-electron chi connectivity index (χ3n) is 5.97. The number of nitrogens with one attached hydrogen (secondary N) is 2. The number of benzene rings is 2. The Morgan fingerprint density at radius 3 is 2.77 bits per heavy atom. The van der Waals surface area contributed by atoms with Gasteiger partial charge in [-0.15, -0.1) is 0 Å². The van der Waals surface area contributed by atoms with Crippen molar-refractivity contribution in [3.63, 3.8) is 0 Å². The standard InChI is InChI=1S/C26H31ClN4O4/c1-2-35-21-8-9-23-19(17-21)16-20(25(32)28-23)18-31(11-5-10-30-12-14-34-15-13-30)26(33)29-24-7-4-3-6-22(24)27/h3-4,6-9,16-17H,2,5,10-15,18H2,1H3,(H,28,32)(H,29,33). The molecule has 2 heterocycles. The van der Waals surface area contributed by atoms with Crippen LogP contribution in [0.25, 0.3) is 10.9 Å². The number of carbonyl (C=O) groups excluding carboxylic acids is 1. The van der Waals surface area contributed by atoms with Crippen LogP contribution in [-0.4, -0.2) is 66.8 Å². The molecule has 9 heteroatoms. The molecule has 0 aliphatic carbocycles. The minimum Gasteiger partial charge on any atom is -0.494 e. The largest absolute Gasteiger partial charge is 0.494 e. The molecule has 0 saturated carbocycles. The second kappa shape index (κ2) is 12.1. The van der Waals surface area contributed by atoms with Gasteiger partial charge in [0.1, 0.15) is 5.75 Å². The highest BCUT2D eigenvalue weighted by atomic mass is 35.5. The van der Waals surface area contributed by atoms with Crippen molar-refractivity contribution in [2.24, 2.45) is 0 Å². The number of hydrogen-bond acceptors (Lipinski definition) is 5. The van der Waals surface area contributed by atoms with Gasteiger partial charge in [0.15, 0.2) is 0 Å². The highest BCUT2D eigenvalue weighted by Gasteiger charge is 2.18. The van der Waals surface area contributed by atoms with Crippen LogP contribution in [0.5, 0.6) is 5.75 Å². The SMILES string of the molecule is CCOc1ccc2[nH]c(=O)c(CN(CCCN3CCOCC3)C(=O)Nc3ccccc3Cl)cc2c1. The number of urea groups is 1. The molecule has 186 valence electrons. The van der Waals surface area contributed by atoms with Crippen LogP contribution < -0.4 is 15.6 Å². The van der Waals surface area contributed by atoms with E-state index in [1.165, 1.54) is 0 Å². The van der Waals surface area contributed by atoms with Crippen molar-refractivity contribution in [3.05, 3.63) is 69.5 Å². The number of anilines is 1. The first kappa shape index (κ1) is 25.0. The molecule has 0 unspecified atom stereocenters. The molecule has 2 amide bonds. The maximum Gasteiger partial charge on any atom is 0.322 e. The molecule has 3 aromatic rings. The summed E-state index contributed by atoms with van der Waals surface area (Å²) in [7, 11) is 0. The van der Waals surface area contributed by atoms with Crippen molar-refractivity contribution < 1.29 is 14.3 Å². The molecule has 0 spiro atoms. The molecule has 1 aliphatic rings. The normalized spacial score (nSPS) is 14.1. The minimum absolute atomic E-state index is 0.170. The smallest absolute Gasteiger partial charge is 0.322 e. The van der Waals surface area contributed by atoms with E-state index in [1.54, 1.807) is 17.0 Å². The molecule has 2 aromatic carbocycles. The fourth-order valence-electron chi connectivity index (χ4n) is 4.13. The van der Waals surface area contributed by atoms with Gasteiger partial charge in [0, 0.05) is 42.6 Å². The van der Waals surface area contributed by atoms with Crippen LogP contribution in [-0.2, 0) is 11.3 Å². The maximum absolute atomic E-state index is 13.3. The number of morpholine rings is 1. The number of halogens is 1. The van der Waals surface area contributed by atoms with Crippen molar-refractivity contribution >= 4 is 34.2 Å². The van der Waals surface area contributed by atoms with Crippen molar-refractivity contribution in [2.45, 2.75) is 19.9 Å². The molecular weight excluding hydrogens is 468 g/mol. The van der Waals surface area contributed by atoms with Crippen LogP contribution in [0.3, 0.4) is 0 Å². The molecule has 1 aliphatic heterocycles. The lowest BCUT2D eigenvalue weighted by atomic mass is 10.1. The van der Waals surface area contributed by atoms with Gasteiger partial charge in [0.05, 0.1) is 37.1 Å². The van der Waals surface area contributed by atoms with Gasteiger partial charge in [-0.3, -0.25) is 9.69 Å². The van der Waals surface area contributed by atoms with Gasteiger partial charge in [-0.1, -0.05) is 23.7 Å². The third kappa shape index (κ3) is 6.75. The fraction of sp³-hybridized carbons (Fsp3) is 0.385. The van der Waals surface area contributed by atoms with E-state index in [0.717, 1.165) is 55.9 Å². The highest BCUT2D eigenvalue weighted by Crippen LogP contribution is 2.22. The summed E-state index contributed by atoms with van der Waals surface area (Å²) in [6.45, 7) is 7.23. The molecule has 1 saturated heterocycles. The summed E-state index contributed by atoms with van der Waals surface area (Å²) in [5.41, 5.74) is 1.55. The average Bonchev–Trinajstić information content (AvgIpc) is 2.86. The summed E-state index contributed by atoms with van der Waals surface area (Å²) in [6.07, 6.45) is 0.774. The lowest BCUT2D eigenvalue weighted by molar-refractivity contribution is 0.0365. The predicted molar refractivity (Wildman–Crippen MR) is 138 cm³/mol. The number of hydrogen-bond donors (Lipinski definition) is 2. The summed E-state index contributed by atoms with van der Waals surface area (Å²) in [4.78, 5) is 33.0. The average molecular weight is 499 g/mol. The number of carbonyl (C=O) groups is 1. The number of aromatic amines is 1. The maximum atomic E-state index is 13.3. The lowest BCUT2D eigenvalue weighted by Gasteiger charge is -2.28. The molecule has 0 bridgehead atoms. The first-order valence-corrected chi connectivity index (χ1v) is 12.3. The van der Waals surface area contributed by atoms with Gasteiger partial charge in [-0.05, 0) is 49.7 Å². The zero-order valence-electron chi connectivity index (χ0n) is 19.9. The van der Waals surface area contributed by atoms with E-state index < -0.39 is 0 Å². The highest BCUT2D eigenvalue weighted by molar-refractivity contribution is 6.33. The molecule has 8 nitrogen and oxygen atoms in total. The van der Waals surface area contributed by atoms with Gasteiger partial charge in [0.2, 0.25) is 0 Å². The van der Waals surface area contributed by atoms with E-state index in [4.69, 9.17) is 21.1 Å². The number of rotatable bonds is 9. The predicted octanol–water partition coefficient (Wildman–Crippen LogP) is 4.34. The summed E-state index contributed by atoms with van der Waals surface area (Å²) in [6, 6.07) is 14.2. The second-order valence-corrected chi connectivity index (χ2v) is 8.85. The zero-order chi connectivity index (χ0) is 24.6. The van der Waals surface area contributed by atoms with E-state index in [0.29, 0.717) is 29.4 Å². The van der Waals surface area contributed by atoms with E-state index in [-0.39, 0.29) is 18.1 Å². The first-order chi connectivity index (χ1) is 17.0. The summed E-state index contributed by atoms with van der Waals surface area (Å²) >= 11 is 6.25. The fourth-order valence-corrected chi connectivity index (χ4v) is 4.31. The molecule has 2 N–H and O–H groups in total. The molecular formula is C26H31ClN4O4. The van der Waals surface area contributed by atoms with Crippen molar-refractivity contribution in [3.8, 4) is 5.75 Å². The van der Waals surface area contributed by atoms with E-state index in [2.05, 4.69) is 15.2 Å². The van der Waals surface area contributed by atoms with Gasteiger partial charge < -0.3 is 24.7 Å². The quantitative estimate of drug-likeness (QED) is 0.458. The minimum atomic E-state index is -0.303. The topological polar surface area (TPSA) is 86.9 Å². The lowest BCUT2D eigenvalue weighted by Crippen LogP contribution is -2.40. The number of H-pyrrole nitrogens is 1. The number of aromatic nitrogens is 1. The van der Waals surface area contributed by atoms with Crippen LogP contribution in [0, 0.1) is 0 Å². The van der Waals surface area contributed by atoms with Gasteiger partial charge in [-0.2, -0.15) is 0 Å². The Hall–Kier alpha value is -3.07. The van der Waals surface area contributed by atoms with Crippen LogP contribution >= 0.6 is 11.6 Å². The molecule has 1 aromatic heterocycles. The Labute approximate surface area is 209 Å². The number of amides is 2. The van der Waals surface area contributed by atoms with E-state index in [1.807, 2.05) is 43.3 Å². The van der Waals surface area contributed by atoms with Crippen LogP contribution in [0.2, 0.25) is 5.02 Å². The molecule has 4 rings (SSSR count). The van der Waals surface area contributed by atoms with E-state index >= 15 is 0 Å². The van der Waals surface area contributed by atoms with Crippen LogP contribution in [0.15, 0.2) is 53.3 Å². The molecule has 1 fully saturated rings. The molecule has 0 radical (unpaired) electrons. The molecule has 35 heavy (non-hydrogen) atoms. The van der Waals surface area contributed by atoms with E-state index in [9.17, 15) is 9.59 Å². The number of ether oxygens (including phenoxy) is 2. The Morgan fingerprint density at radius 2 is 2.00 bits per heavy atom. The number of pyridine rings is 1. The summed E-state index contributed by atoms with van der Waals surface area (Å²) in [5.74, 6) is 0.733. The van der Waals surface area contributed by atoms with Gasteiger partial charge in [-0.25, -0.2) is 4.79 Å². The first-order valence-electron chi connectivity index (χ1n) is 11.9. The second-order valence-electron chi connectivity index (χ2n) is 8.44. The van der Waals surface area contributed by atoms with Gasteiger partial charge in [0.25, 0.3) is 5.56 Å². The Morgan fingerprint density at radius 1 is 1.20 bits per heavy atom. The Kier molecular flexibility index (Phi) is 8.63. The van der Waals surface area contributed by atoms with Crippen molar-refractivity contribution in [1.29, 1.82) is 0 Å². The summed E-state index contributed by atoms with van der Waals surface area (Å²) in [5, 5.41) is 4.20. The number of para-hydroxylation sites is 1.